The SMILES string of the molecule is COc1ccc(CCNC(=O)N(CCCN2CCOCC2)Cc2ccc(C(=O)Cc3cscc3NC(=O)OC(C)(C)C)nc2)cc1OC. The number of pyridine rings is 1. The van der Waals surface area contributed by atoms with Crippen LogP contribution in [-0.4, -0.2) is 98.4 Å². The van der Waals surface area contributed by atoms with Gasteiger partial charge in [0.2, 0.25) is 0 Å². The number of ketones is 1. The van der Waals surface area contributed by atoms with Crippen molar-refractivity contribution in [2.75, 3.05) is 65.5 Å². The number of morpholine rings is 1. The molecule has 0 radical (unpaired) electrons. The minimum absolute atomic E-state index is 0.0805. The smallest absolute Gasteiger partial charge is 0.412 e. The minimum atomic E-state index is -0.632. The summed E-state index contributed by atoms with van der Waals surface area (Å²) in [6.45, 7) is 10.8. The number of nitrogens with one attached hydrogen (secondary N) is 2. The van der Waals surface area contributed by atoms with E-state index < -0.39 is 11.7 Å². The molecule has 48 heavy (non-hydrogen) atoms. The molecule has 1 aliphatic heterocycles. The summed E-state index contributed by atoms with van der Waals surface area (Å²) in [5, 5.41) is 9.39. The lowest BCUT2D eigenvalue weighted by molar-refractivity contribution is 0.0364. The van der Waals surface area contributed by atoms with Crippen LogP contribution in [0.3, 0.4) is 0 Å². The summed E-state index contributed by atoms with van der Waals surface area (Å²) in [6, 6.07) is 9.08. The fraction of sp³-hybridized carbons (Fsp3) is 0.486. The maximum absolute atomic E-state index is 13.4. The molecule has 0 unspecified atom stereocenters. The molecular weight excluding hydrogens is 634 g/mol. The molecule has 0 spiro atoms. The maximum atomic E-state index is 13.4. The largest absolute Gasteiger partial charge is 0.493 e. The maximum Gasteiger partial charge on any atom is 0.412 e. The number of urea groups is 1. The summed E-state index contributed by atoms with van der Waals surface area (Å²) in [5.41, 5.74) is 2.75. The third kappa shape index (κ3) is 11.5. The number of hydrogen-bond acceptors (Lipinski definition) is 10. The summed E-state index contributed by atoms with van der Waals surface area (Å²) in [5.74, 6) is 1.13. The van der Waals surface area contributed by atoms with Crippen LogP contribution in [0.2, 0.25) is 0 Å². The lowest BCUT2D eigenvalue weighted by atomic mass is 10.1. The van der Waals surface area contributed by atoms with Crippen LogP contribution in [0, 0.1) is 0 Å². The topological polar surface area (TPSA) is 132 Å². The first kappa shape index (κ1) is 36.6. The number of aromatic nitrogens is 1. The van der Waals surface area contributed by atoms with E-state index in [2.05, 4.69) is 20.5 Å². The average Bonchev–Trinajstić information content (AvgIpc) is 3.49. The van der Waals surface area contributed by atoms with E-state index >= 15 is 0 Å². The van der Waals surface area contributed by atoms with Gasteiger partial charge in [-0.1, -0.05) is 12.1 Å². The zero-order chi connectivity index (χ0) is 34.5. The molecule has 1 aromatic carbocycles. The molecule has 1 saturated heterocycles. The Bertz CT molecular complexity index is 1500. The summed E-state index contributed by atoms with van der Waals surface area (Å²) in [7, 11) is 3.20. The third-order valence-corrected chi connectivity index (χ3v) is 8.44. The second-order valence-corrected chi connectivity index (χ2v) is 13.2. The lowest BCUT2D eigenvalue weighted by Crippen LogP contribution is -2.42. The Morgan fingerprint density at radius 3 is 2.46 bits per heavy atom. The van der Waals surface area contributed by atoms with Gasteiger partial charge in [0.15, 0.2) is 17.3 Å². The standard InChI is InChI=1S/C35H47N5O7S/c1-35(2,3)47-34(43)38-29-24-48-23-27(29)20-30(41)28-9-7-26(21-37-28)22-40(14-6-13-39-15-17-46-18-16-39)33(42)36-12-11-25-8-10-31(44-4)32(19-25)45-5/h7-10,19,21,23-24H,6,11-18,20,22H2,1-5H3,(H,36,42)(H,38,43). The molecule has 2 N–H and O–H groups in total. The second kappa shape index (κ2) is 17.8. The van der Waals surface area contributed by atoms with E-state index in [1.807, 2.05) is 29.6 Å². The highest BCUT2D eigenvalue weighted by Gasteiger charge is 2.20. The van der Waals surface area contributed by atoms with Gasteiger partial charge in [0, 0.05) is 57.3 Å². The molecule has 0 saturated carbocycles. The molecule has 260 valence electrons. The summed E-state index contributed by atoms with van der Waals surface area (Å²) >= 11 is 1.39. The van der Waals surface area contributed by atoms with Gasteiger partial charge < -0.3 is 29.2 Å². The first-order valence-electron chi connectivity index (χ1n) is 16.1. The van der Waals surface area contributed by atoms with Crippen LogP contribution in [0.15, 0.2) is 47.3 Å². The van der Waals surface area contributed by atoms with Crippen LogP contribution >= 0.6 is 11.3 Å². The van der Waals surface area contributed by atoms with E-state index in [9.17, 15) is 14.4 Å². The van der Waals surface area contributed by atoms with Gasteiger partial charge in [-0.05, 0) is 73.9 Å². The fourth-order valence-electron chi connectivity index (χ4n) is 5.17. The number of anilines is 1. The molecule has 3 heterocycles. The van der Waals surface area contributed by atoms with Crippen molar-refractivity contribution in [1.29, 1.82) is 0 Å². The van der Waals surface area contributed by atoms with Crippen LogP contribution in [0.5, 0.6) is 11.5 Å². The van der Waals surface area contributed by atoms with Gasteiger partial charge in [-0.2, -0.15) is 0 Å². The number of nitrogens with zero attached hydrogens (tertiary/aromatic N) is 3. The van der Waals surface area contributed by atoms with Crippen LogP contribution in [0.25, 0.3) is 0 Å². The van der Waals surface area contributed by atoms with E-state index in [1.54, 1.807) is 57.5 Å². The third-order valence-electron chi connectivity index (χ3n) is 7.64. The van der Waals surface area contributed by atoms with Crippen LogP contribution in [-0.2, 0) is 28.9 Å². The Balaban J connectivity index is 1.35. The quantitative estimate of drug-likeness (QED) is 0.202. The van der Waals surface area contributed by atoms with E-state index in [0.717, 1.165) is 50.4 Å². The van der Waals surface area contributed by atoms with Gasteiger partial charge in [-0.25, -0.2) is 9.59 Å². The molecule has 12 nitrogen and oxygen atoms in total. The van der Waals surface area contributed by atoms with Crippen molar-refractivity contribution in [2.24, 2.45) is 0 Å². The molecule has 2 aromatic heterocycles. The number of thiophene rings is 1. The Morgan fingerprint density at radius 1 is 1.02 bits per heavy atom. The number of carbonyl (C=O) groups is 3. The van der Waals surface area contributed by atoms with Crippen molar-refractivity contribution in [3.63, 3.8) is 0 Å². The van der Waals surface area contributed by atoms with Crippen molar-refractivity contribution in [1.82, 2.24) is 20.1 Å². The fourth-order valence-corrected chi connectivity index (χ4v) is 5.96. The Hall–Kier alpha value is -4.20. The zero-order valence-electron chi connectivity index (χ0n) is 28.5. The number of benzene rings is 1. The minimum Gasteiger partial charge on any atom is -0.493 e. The molecule has 1 fully saturated rings. The Labute approximate surface area is 286 Å². The summed E-state index contributed by atoms with van der Waals surface area (Å²) < 4.78 is 21.5. The molecule has 4 rings (SSSR count). The second-order valence-electron chi connectivity index (χ2n) is 12.5. The van der Waals surface area contributed by atoms with Crippen molar-refractivity contribution in [3.05, 3.63) is 69.7 Å². The van der Waals surface area contributed by atoms with Crippen molar-refractivity contribution >= 4 is 34.9 Å². The molecular formula is C35H47N5O7S. The molecule has 1 aliphatic rings. The molecule has 0 atom stereocenters. The average molecular weight is 682 g/mol. The molecule has 13 heteroatoms. The number of amides is 3. The Kier molecular flexibility index (Phi) is 13.6. The van der Waals surface area contributed by atoms with Crippen molar-refractivity contribution in [3.8, 4) is 11.5 Å². The number of methoxy groups -OCH3 is 2. The van der Waals surface area contributed by atoms with E-state index in [-0.39, 0.29) is 18.2 Å². The highest BCUT2D eigenvalue weighted by atomic mass is 32.1. The van der Waals surface area contributed by atoms with Crippen LogP contribution in [0.4, 0.5) is 15.3 Å². The number of rotatable bonds is 15. The summed E-state index contributed by atoms with van der Waals surface area (Å²) in [4.78, 5) is 47.3. The van der Waals surface area contributed by atoms with Crippen molar-refractivity contribution in [2.45, 2.75) is 52.2 Å². The van der Waals surface area contributed by atoms with Gasteiger partial charge in [0.1, 0.15) is 11.3 Å². The first-order chi connectivity index (χ1) is 23.0. The zero-order valence-corrected chi connectivity index (χ0v) is 29.3. The van der Waals surface area contributed by atoms with Gasteiger partial charge in [0.25, 0.3) is 0 Å². The van der Waals surface area contributed by atoms with Crippen LogP contribution in [0.1, 0.15) is 54.4 Å². The summed E-state index contributed by atoms with van der Waals surface area (Å²) in [6.07, 6.45) is 2.60. The van der Waals surface area contributed by atoms with Gasteiger partial charge in [-0.15, -0.1) is 11.3 Å². The van der Waals surface area contributed by atoms with Gasteiger partial charge in [-0.3, -0.25) is 20.0 Å². The van der Waals surface area contributed by atoms with Crippen molar-refractivity contribution < 1.29 is 33.3 Å². The van der Waals surface area contributed by atoms with E-state index in [4.69, 9.17) is 18.9 Å². The molecule has 0 aliphatic carbocycles. The number of hydrogen-bond donors (Lipinski definition) is 2. The first-order valence-corrected chi connectivity index (χ1v) is 17.1. The monoisotopic (exact) mass is 681 g/mol. The Morgan fingerprint density at radius 2 is 1.77 bits per heavy atom. The van der Waals surface area contributed by atoms with Crippen LogP contribution < -0.4 is 20.1 Å². The normalized spacial score (nSPS) is 13.4. The highest BCUT2D eigenvalue weighted by molar-refractivity contribution is 7.08. The number of carbonyl (C=O) groups excluding carboxylic acids is 3. The predicted octanol–water partition coefficient (Wildman–Crippen LogP) is 5.41. The molecule has 0 bridgehead atoms. The highest BCUT2D eigenvalue weighted by Crippen LogP contribution is 2.28. The molecule has 3 aromatic rings. The van der Waals surface area contributed by atoms with Gasteiger partial charge in [0.05, 0.1) is 33.1 Å². The number of ether oxygens (including phenoxy) is 4. The van der Waals surface area contributed by atoms with E-state index in [1.165, 1.54) is 11.3 Å². The lowest BCUT2D eigenvalue weighted by Gasteiger charge is -2.28. The number of Topliss-reactive ketones (excluding diaryl/α,β-unsaturated/α-hetero) is 1. The van der Waals surface area contributed by atoms with E-state index in [0.29, 0.717) is 54.5 Å². The molecule has 3 amide bonds. The van der Waals surface area contributed by atoms with Gasteiger partial charge >= 0.3 is 12.1 Å². The predicted molar refractivity (Wildman–Crippen MR) is 185 cm³/mol.